The molecule has 2 aromatic rings. The van der Waals surface area contributed by atoms with Gasteiger partial charge in [-0.2, -0.15) is 4.98 Å². The van der Waals surface area contributed by atoms with E-state index in [0.717, 1.165) is 50.4 Å². The second kappa shape index (κ2) is 9.34. The monoisotopic (exact) mass is 476 g/mol. The molecule has 1 aromatic carbocycles. The fourth-order valence-corrected chi connectivity index (χ4v) is 7.12. The molecule has 0 spiro atoms. The molecular weight excluding hydrogens is 436 g/mol. The van der Waals surface area contributed by atoms with E-state index in [0.29, 0.717) is 29.3 Å². The molecule has 1 N–H and O–H groups in total. The first-order valence-corrected chi connectivity index (χ1v) is 13.9. The fourth-order valence-electron chi connectivity index (χ4n) is 7.12. The number of hydrogen-bond acceptors (Lipinski definition) is 5. The predicted octanol–water partition coefficient (Wildman–Crippen LogP) is 5.73. The van der Waals surface area contributed by atoms with Crippen molar-refractivity contribution >= 4 is 5.91 Å². The lowest BCUT2D eigenvalue weighted by molar-refractivity contribution is -0.132. The average Bonchev–Trinajstić information content (AvgIpc) is 3.35. The van der Waals surface area contributed by atoms with Crippen molar-refractivity contribution in [2.45, 2.75) is 108 Å². The van der Waals surface area contributed by atoms with E-state index in [9.17, 15) is 4.79 Å². The van der Waals surface area contributed by atoms with Gasteiger partial charge in [0.1, 0.15) is 0 Å². The minimum Gasteiger partial charge on any atom is -0.349 e. The number of carbonyl (C=O) groups is 1. The van der Waals surface area contributed by atoms with Gasteiger partial charge < -0.3 is 9.84 Å². The normalized spacial score (nSPS) is 29.4. The van der Waals surface area contributed by atoms with Crippen LogP contribution in [-0.4, -0.2) is 39.6 Å². The van der Waals surface area contributed by atoms with Gasteiger partial charge in [0.15, 0.2) is 5.82 Å². The van der Waals surface area contributed by atoms with Gasteiger partial charge in [-0.25, -0.2) is 0 Å². The minimum absolute atomic E-state index is 0.0757. The van der Waals surface area contributed by atoms with Crippen LogP contribution in [0.4, 0.5) is 0 Å². The number of benzene rings is 1. The van der Waals surface area contributed by atoms with Gasteiger partial charge in [-0.05, 0) is 68.8 Å². The Kier molecular flexibility index (Phi) is 6.20. The molecule has 188 valence electrons. The zero-order valence-corrected chi connectivity index (χ0v) is 21.3. The second-order valence-electron chi connectivity index (χ2n) is 12.4. The largest absolute Gasteiger partial charge is 0.349 e. The topological polar surface area (TPSA) is 71.3 Å². The summed E-state index contributed by atoms with van der Waals surface area (Å²) in [6.07, 6.45) is 11.4. The molecule has 0 radical (unpaired) electrons. The number of carbonyl (C=O) groups excluding carboxylic acids is 1. The van der Waals surface area contributed by atoms with E-state index in [1.165, 1.54) is 37.7 Å². The third kappa shape index (κ3) is 4.78. The highest BCUT2D eigenvalue weighted by Crippen LogP contribution is 2.46. The van der Waals surface area contributed by atoms with E-state index in [2.05, 4.69) is 59.6 Å². The van der Waals surface area contributed by atoms with Gasteiger partial charge in [0.2, 0.25) is 11.8 Å². The van der Waals surface area contributed by atoms with Gasteiger partial charge in [0.25, 0.3) is 0 Å². The maximum atomic E-state index is 13.0. The average molecular weight is 477 g/mol. The van der Waals surface area contributed by atoms with Crippen molar-refractivity contribution in [1.82, 2.24) is 20.4 Å². The maximum Gasteiger partial charge on any atom is 0.229 e. The summed E-state index contributed by atoms with van der Waals surface area (Å²) < 4.78 is 5.64. The minimum atomic E-state index is 0.0757. The van der Waals surface area contributed by atoms with Crippen molar-refractivity contribution in [3.05, 3.63) is 47.6 Å². The highest BCUT2D eigenvalue weighted by molar-refractivity contribution is 5.80. The number of nitrogens with one attached hydrogen (secondary N) is 1. The van der Waals surface area contributed by atoms with Crippen molar-refractivity contribution in [3.8, 4) is 0 Å². The van der Waals surface area contributed by atoms with Gasteiger partial charge in [-0.15, -0.1) is 0 Å². The molecular formula is C29H40N4O2. The Balaban J connectivity index is 1.08. The Morgan fingerprint density at radius 2 is 1.80 bits per heavy atom. The molecule has 2 bridgehead atoms. The van der Waals surface area contributed by atoms with E-state index in [1.807, 2.05) is 0 Å². The summed E-state index contributed by atoms with van der Waals surface area (Å²) in [6.45, 7) is 5.54. The maximum absolute atomic E-state index is 13.0. The lowest BCUT2D eigenvalue weighted by Crippen LogP contribution is -2.46. The molecule has 3 unspecified atom stereocenters. The fraction of sp³-hybridized carbons (Fsp3) is 0.690. The second-order valence-corrected chi connectivity index (χ2v) is 12.4. The van der Waals surface area contributed by atoms with E-state index in [-0.39, 0.29) is 17.9 Å². The zero-order valence-electron chi connectivity index (χ0n) is 21.3. The number of hydrogen-bond donors (Lipinski definition) is 1. The van der Waals surface area contributed by atoms with Crippen molar-refractivity contribution in [3.63, 3.8) is 0 Å². The molecule has 2 saturated heterocycles. The van der Waals surface area contributed by atoms with Crippen LogP contribution in [0, 0.1) is 11.3 Å². The van der Waals surface area contributed by atoms with Crippen LogP contribution in [0.25, 0.3) is 0 Å². The van der Waals surface area contributed by atoms with Crippen molar-refractivity contribution < 1.29 is 9.32 Å². The number of rotatable bonds is 8. The molecule has 2 aliphatic carbocycles. The molecule has 3 atom stereocenters. The van der Waals surface area contributed by atoms with Crippen molar-refractivity contribution in [2.75, 3.05) is 6.54 Å². The highest BCUT2D eigenvalue weighted by atomic mass is 16.5. The van der Waals surface area contributed by atoms with E-state index >= 15 is 0 Å². The van der Waals surface area contributed by atoms with Crippen LogP contribution in [0.2, 0.25) is 0 Å². The first kappa shape index (κ1) is 23.2. The first-order valence-electron chi connectivity index (χ1n) is 13.9. The molecule has 4 aliphatic rings. The Labute approximate surface area is 209 Å². The number of fused-ring (bicyclic) bond motifs is 2. The van der Waals surface area contributed by atoms with Gasteiger partial charge >= 0.3 is 0 Å². The van der Waals surface area contributed by atoms with Gasteiger partial charge in [0, 0.05) is 36.4 Å². The Bertz CT molecular complexity index is 1010. The van der Waals surface area contributed by atoms with Crippen LogP contribution >= 0.6 is 0 Å². The van der Waals surface area contributed by atoms with E-state index < -0.39 is 0 Å². The van der Waals surface area contributed by atoms with Gasteiger partial charge in [-0.3, -0.25) is 9.69 Å². The number of nitrogens with zero attached hydrogens (tertiary/aromatic N) is 3. The molecule has 2 aliphatic heterocycles. The smallest absolute Gasteiger partial charge is 0.229 e. The summed E-state index contributed by atoms with van der Waals surface area (Å²) in [5, 5.41) is 7.82. The molecule has 3 heterocycles. The van der Waals surface area contributed by atoms with Crippen LogP contribution in [0.3, 0.4) is 0 Å². The summed E-state index contributed by atoms with van der Waals surface area (Å²) in [5.41, 5.74) is 1.53. The SMILES string of the molecule is CC1(C)CC(C(=O)NC(CCN2C3CCC2CC(c2noc(C4CCC4)n2)C3)c2ccccc2)C1. The summed E-state index contributed by atoms with van der Waals surface area (Å²) in [4.78, 5) is 20.6. The van der Waals surface area contributed by atoms with E-state index in [1.54, 1.807) is 0 Å². The first-order chi connectivity index (χ1) is 16.9. The number of amides is 1. The molecule has 4 fully saturated rings. The summed E-state index contributed by atoms with van der Waals surface area (Å²) in [7, 11) is 0. The third-order valence-electron chi connectivity index (χ3n) is 9.32. The van der Waals surface area contributed by atoms with Crippen LogP contribution < -0.4 is 5.32 Å². The molecule has 6 heteroatoms. The van der Waals surface area contributed by atoms with Crippen LogP contribution in [0.5, 0.6) is 0 Å². The quantitative estimate of drug-likeness (QED) is 0.527. The van der Waals surface area contributed by atoms with Gasteiger partial charge in [-0.1, -0.05) is 55.8 Å². The molecule has 1 amide bonds. The summed E-state index contributed by atoms with van der Waals surface area (Å²) in [6, 6.07) is 11.8. The zero-order chi connectivity index (χ0) is 24.0. The summed E-state index contributed by atoms with van der Waals surface area (Å²) >= 11 is 0. The Hall–Kier alpha value is -2.21. The summed E-state index contributed by atoms with van der Waals surface area (Å²) in [5.74, 6) is 3.15. The Morgan fingerprint density at radius 3 is 2.43 bits per heavy atom. The molecule has 6 rings (SSSR count). The molecule has 2 saturated carbocycles. The van der Waals surface area contributed by atoms with Crippen LogP contribution in [0.1, 0.15) is 113 Å². The van der Waals surface area contributed by atoms with E-state index in [4.69, 9.17) is 9.51 Å². The highest BCUT2D eigenvalue weighted by Gasteiger charge is 2.43. The lowest BCUT2D eigenvalue weighted by Gasteiger charge is -2.42. The number of aromatic nitrogens is 2. The standard InChI is InChI=1S/C29H40N4O2/c1-29(2)17-22(18-29)27(34)30-25(19-7-4-3-5-8-19)13-14-33-23-11-12-24(33)16-21(15-23)26-31-28(35-32-26)20-9-6-10-20/h3-5,7-8,20-25H,6,9-18H2,1-2H3,(H,30,34). The van der Waals surface area contributed by atoms with Crippen molar-refractivity contribution in [1.29, 1.82) is 0 Å². The Morgan fingerprint density at radius 1 is 1.09 bits per heavy atom. The predicted molar refractivity (Wildman–Crippen MR) is 135 cm³/mol. The van der Waals surface area contributed by atoms with Crippen LogP contribution in [-0.2, 0) is 4.79 Å². The lowest BCUT2D eigenvalue weighted by atomic mass is 9.64. The van der Waals surface area contributed by atoms with Gasteiger partial charge in [0.05, 0.1) is 6.04 Å². The van der Waals surface area contributed by atoms with Crippen LogP contribution in [0.15, 0.2) is 34.9 Å². The molecule has 35 heavy (non-hydrogen) atoms. The number of piperidine rings is 1. The molecule has 1 aromatic heterocycles. The molecule has 6 nitrogen and oxygen atoms in total. The van der Waals surface area contributed by atoms with Crippen molar-refractivity contribution in [2.24, 2.45) is 11.3 Å². The third-order valence-corrected chi connectivity index (χ3v) is 9.32.